The molecule has 5 nitrogen and oxygen atoms in total. The Morgan fingerprint density at radius 2 is 2.00 bits per heavy atom. The molecule has 22 heavy (non-hydrogen) atoms. The lowest BCUT2D eigenvalue weighted by Gasteiger charge is -2.04. The van der Waals surface area contributed by atoms with Crippen LogP contribution < -0.4 is 5.32 Å². The minimum Gasteiger partial charge on any atom is -0.420 e. The van der Waals surface area contributed by atoms with Crippen molar-refractivity contribution < 1.29 is 9.21 Å². The highest BCUT2D eigenvalue weighted by molar-refractivity contribution is 7.14. The zero-order chi connectivity index (χ0) is 15.7. The Labute approximate surface area is 136 Å². The number of nitrogens with zero attached hydrogens (tertiary/aromatic N) is 2. The summed E-state index contributed by atoms with van der Waals surface area (Å²) >= 11 is 2.89. The minimum atomic E-state index is -0.115. The summed E-state index contributed by atoms with van der Waals surface area (Å²) in [6, 6.07) is 3.78. The third-order valence-electron chi connectivity index (χ3n) is 3.11. The zero-order valence-electron chi connectivity index (χ0n) is 12.4. The normalized spacial score (nSPS) is 11.1. The van der Waals surface area contributed by atoms with Gasteiger partial charge in [-0.1, -0.05) is 13.8 Å². The molecule has 1 N–H and O–H groups in total. The van der Waals surface area contributed by atoms with Crippen molar-refractivity contribution in [3.8, 4) is 10.8 Å². The first-order valence-corrected chi connectivity index (χ1v) is 8.59. The summed E-state index contributed by atoms with van der Waals surface area (Å²) in [6.45, 7) is 5.91. The first kappa shape index (κ1) is 14.9. The number of amides is 1. The molecule has 0 spiro atoms. The number of nitrogens with one attached hydrogen (secondary N) is 1. The molecule has 0 aliphatic carbocycles. The predicted molar refractivity (Wildman–Crippen MR) is 88.7 cm³/mol. The summed E-state index contributed by atoms with van der Waals surface area (Å²) in [5.41, 5.74) is 1.67. The van der Waals surface area contributed by atoms with Gasteiger partial charge in [0.1, 0.15) is 4.88 Å². The van der Waals surface area contributed by atoms with E-state index in [1.165, 1.54) is 22.7 Å². The second kappa shape index (κ2) is 6.02. The molecule has 0 saturated carbocycles. The van der Waals surface area contributed by atoms with E-state index in [2.05, 4.69) is 15.5 Å². The van der Waals surface area contributed by atoms with Crippen LogP contribution in [0.25, 0.3) is 10.8 Å². The van der Waals surface area contributed by atoms with Crippen molar-refractivity contribution in [2.75, 3.05) is 5.32 Å². The summed E-state index contributed by atoms with van der Waals surface area (Å²) in [7, 11) is 0. The Morgan fingerprint density at radius 3 is 2.64 bits per heavy atom. The highest BCUT2D eigenvalue weighted by Gasteiger charge is 2.18. The van der Waals surface area contributed by atoms with Crippen LogP contribution in [0.2, 0.25) is 0 Å². The van der Waals surface area contributed by atoms with E-state index >= 15 is 0 Å². The van der Waals surface area contributed by atoms with Crippen molar-refractivity contribution >= 4 is 34.3 Å². The van der Waals surface area contributed by atoms with E-state index in [-0.39, 0.29) is 11.8 Å². The molecule has 3 aromatic rings. The molecule has 3 rings (SSSR count). The van der Waals surface area contributed by atoms with Crippen LogP contribution in [-0.4, -0.2) is 16.1 Å². The standard InChI is InChI=1S/C15H15N3O2S2/c1-8(2)14-17-18-15(20-14)12-10(5-7-22-12)16-13(19)11-9(3)4-6-21-11/h4-8H,1-3H3,(H,16,19). The molecule has 7 heteroatoms. The van der Waals surface area contributed by atoms with E-state index in [1.807, 2.05) is 43.7 Å². The summed E-state index contributed by atoms with van der Waals surface area (Å²) < 4.78 is 5.67. The highest BCUT2D eigenvalue weighted by atomic mass is 32.1. The molecular formula is C15H15N3O2S2. The zero-order valence-corrected chi connectivity index (χ0v) is 14.0. The van der Waals surface area contributed by atoms with E-state index < -0.39 is 0 Å². The quantitative estimate of drug-likeness (QED) is 0.761. The average molecular weight is 333 g/mol. The SMILES string of the molecule is Cc1ccsc1C(=O)Nc1ccsc1-c1nnc(C(C)C)o1. The molecule has 0 fully saturated rings. The van der Waals surface area contributed by atoms with Crippen LogP contribution in [-0.2, 0) is 0 Å². The van der Waals surface area contributed by atoms with Gasteiger partial charge in [0, 0.05) is 5.92 Å². The fourth-order valence-electron chi connectivity index (χ4n) is 1.92. The van der Waals surface area contributed by atoms with E-state index in [1.54, 1.807) is 0 Å². The number of carbonyl (C=O) groups excluding carboxylic acids is 1. The van der Waals surface area contributed by atoms with Gasteiger partial charge < -0.3 is 9.73 Å². The van der Waals surface area contributed by atoms with Gasteiger partial charge in [0.05, 0.1) is 10.6 Å². The summed E-state index contributed by atoms with van der Waals surface area (Å²) in [5, 5.41) is 14.8. The van der Waals surface area contributed by atoms with Gasteiger partial charge in [0.2, 0.25) is 5.89 Å². The van der Waals surface area contributed by atoms with Crippen LogP contribution in [0.1, 0.15) is 40.9 Å². The molecule has 0 aliphatic rings. The van der Waals surface area contributed by atoms with Gasteiger partial charge >= 0.3 is 0 Å². The van der Waals surface area contributed by atoms with Crippen molar-refractivity contribution in [2.24, 2.45) is 0 Å². The average Bonchev–Trinajstić information content (AvgIpc) is 3.17. The fraction of sp³-hybridized carbons (Fsp3) is 0.267. The fourth-order valence-corrected chi connectivity index (χ4v) is 3.51. The Morgan fingerprint density at radius 1 is 1.23 bits per heavy atom. The number of thiophene rings is 2. The van der Waals surface area contributed by atoms with E-state index in [0.717, 1.165) is 10.4 Å². The van der Waals surface area contributed by atoms with Crippen molar-refractivity contribution in [3.05, 3.63) is 39.2 Å². The van der Waals surface area contributed by atoms with Gasteiger partial charge in [-0.15, -0.1) is 32.9 Å². The van der Waals surface area contributed by atoms with Gasteiger partial charge in [0.15, 0.2) is 0 Å². The predicted octanol–water partition coefficient (Wildman–Crippen LogP) is 4.54. The van der Waals surface area contributed by atoms with Gasteiger partial charge in [-0.05, 0) is 35.4 Å². The molecule has 0 radical (unpaired) electrons. The Kier molecular flexibility index (Phi) is 4.08. The number of hydrogen-bond acceptors (Lipinski definition) is 6. The third kappa shape index (κ3) is 2.82. The van der Waals surface area contributed by atoms with E-state index in [4.69, 9.17) is 4.42 Å². The number of aryl methyl sites for hydroxylation is 1. The number of aromatic nitrogens is 2. The number of anilines is 1. The van der Waals surface area contributed by atoms with Crippen molar-refractivity contribution in [1.82, 2.24) is 10.2 Å². The molecule has 114 valence electrons. The summed E-state index contributed by atoms with van der Waals surface area (Å²) in [4.78, 5) is 13.8. The van der Waals surface area contributed by atoms with Crippen LogP contribution in [0.4, 0.5) is 5.69 Å². The second-order valence-electron chi connectivity index (χ2n) is 5.15. The van der Waals surface area contributed by atoms with E-state index in [0.29, 0.717) is 22.3 Å². The van der Waals surface area contributed by atoms with Gasteiger partial charge in [0.25, 0.3) is 11.8 Å². The van der Waals surface area contributed by atoms with Crippen LogP contribution in [0.15, 0.2) is 27.3 Å². The Bertz CT molecular complexity index is 801. The largest absolute Gasteiger partial charge is 0.420 e. The molecular weight excluding hydrogens is 318 g/mol. The monoisotopic (exact) mass is 333 g/mol. The molecule has 0 atom stereocenters. The summed E-state index contributed by atoms with van der Waals surface area (Å²) in [6.07, 6.45) is 0. The maximum absolute atomic E-state index is 12.3. The minimum absolute atomic E-state index is 0.115. The number of hydrogen-bond donors (Lipinski definition) is 1. The summed E-state index contributed by atoms with van der Waals surface area (Å²) in [5.74, 6) is 1.09. The molecule has 0 unspecified atom stereocenters. The molecule has 1 amide bonds. The third-order valence-corrected chi connectivity index (χ3v) is 5.03. The van der Waals surface area contributed by atoms with Gasteiger partial charge in [-0.25, -0.2) is 0 Å². The highest BCUT2D eigenvalue weighted by Crippen LogP contribution is 2.34. The molecule has 0 aromatic carbocycles. The lowest BCUT2D eigenvalue weighted by atomic mass is 10.2. The number of rotatable bonds is 4. The first-order valence-electron chi connectivity index (χ1n) is 6.83. The lowest BCUT2D eigenvalue weighted by Crippen LogP contribution is -2.11. The van der Waals surface area contributed by atoms with Crippen molar-refractivity contribution in [2.45, 2.75) is 26.7 Å². The molecule has 0 saturated heterocycles. The van der Waals surface area contributed by atoms with Gasteiger partial charge in [-0.3, -0.25) is 4.79 Å². The van der Waals surface area contributed by atoms with Crippen molar-refractivity contribution in [1.29, 1.82) is 0 Å². The molecule has 3 aromatic heterocycles. The smallest absolute Gasteiger partial charge is 0.266 e. The van der Waals surface area contributed by atoms with Crippen LogP contribution >= 0.6 is 22.7 Å². The maximum Gasteiger partial charge on any atom is 0.266 e. The van der Waals surface area contributed by atoms with Gasteiger partial charge in [-0.2, -0.15) is 0 Å². The maximum atomic E-state index is 12.3. The topological polar surface area (TPSA) is 68.0 Å². The Balaban J connectivity index is 1.86. The van der Waals surface area contributed by atoms with Crippen LogP contribution in [0.3, 0.4) is 0 Å². The molecule has 3 heterocycles. The first-order chi connectivity index (χ1) is 10.6. The van der Waals surface area contributed by atoms with Crippen LogP contribution in [0.5, 0.6) is 0 Å². The molecule has 0 aliphatic heterocycles. The lowest BCUT2D eigenvalue weighted by molar-refractivity contribution is 0.103. The van der Waals surface area contributed by atoms with Crippen molar-refractivity contribution in [3.63, 3.8) is 0 Å². The second-order valence-corrected chi connectivity index (χ2v) is 6.98. The van der Waals surface area contributed by atoms with E-state index in [9.17, 15) is 4.79 Å². The van der Waals surface area contributed by atoms with Crippen LogP contribution in [0, 0.1) is 6.92 Å². The number of carbonyl (C=O) groups is 1. The molecule has 0 bridgehead atoms. The Hall–Kier alpha value is -1.99.